The molecule has 0 atom stereocenters. The predicted molar refractivity (Wildman–Crippen MR) is 84.2 cm³/mol. The Balaban J connectivity index is 1.86. The molecule has 0 aliphatic carbocycles. The smallest absolute Gasteiger partial charge is 0.145 e. The number of benzene rings is 1. The van der Waals surface area contributed by atoms with E-state index in [0.29, 0.717) is 0 Å². The zero-order valence-electron chi connectivity index (χ0n) is 12.3. The Bertz CT molecular complexity index is 596. The minimum atomic E-state index is 0.191. The summed E-state index contributed by atoms with van der Waals surface area (Å²) in [6.45, 7) is 4.02. The molecule has 0 unspecified atom stereocenters. The molecule has 112 valence electrons. The van der Waals surface area contributed by atoms with Crippen LogP contribution in [0.25, 0.3) is 10.9 Å². The maximum atomic E-state index is 8.92. The van der Waals surface area contributed by atoms with Crippen LogP contribution in [0.5, 0.6) is 0 Å². The van der Waals surface area contributed by atoms with Gasteiger partial charge in [0.25, 0.3) is 0 Å². The predicted octanol–water partition coefficient (Wildman–Crippen LogP) is 2.02. The Morgan fingerprint density at radius 2 is 1.95 bits per heavy atom. The standard InChI is InChI=1S/C16H22N4O/c21-11-5-8-17-16-13-6-1-2-7-14(13)18-15(19-16)12-20-9-3-4-10-20/h1-2,6-7,21H,3-5,8-12H2,(H,17,18,19). The van der Waals surface area contributed by atoms with Crippen molar-refractivity contribution in [2.75, 3.05) is 31.6 Å². The fourth-order valence-corrected chi connectivity index (χ4v) is 2.76. The second-order valence-corrected chi connectivity index (χ2v) is 5.49. The molecule has 3 rings (SSSR count). The van der Waals surface area contributed by atoms with E-state index in [-0.39, 0.29) is 6.61 Å². The van der Waals surface area contributed by atoms with Gasteiger partial charge in [0.1, 0.15) is 11.6 Å². The first-order chi connectivity index (χ1) is 10.4. The van der Waals surface area contributed by atoms with Crippen LogP contribution in [0, 0.1) is 0 Å². The fraction of sp³-hybridized carbons (Fsp3) is 0.500. The highest BCUT2D eigenvalue weighted by molar-refractivity contribution is 5.88. The molecule has 1 fully saturated rings. The summed E-state index contributed by atoms with van der Waals surface area (Å²) in [5.74, 6) is 1.75. The number of aromatic nitrogens is 2. The lowest BCUT2D eigenvalue weighted by Crippen LogP contribution is -2.20. The van der Waals surface area contributed by atoms with Crippen LogP contribution in [0.3, 0.4) is 0 Å². The third-order valence-corrected chi connectivity index (χ3v) is 3.84. The van der Waals surface area contributed by atoms with E-state index in [1.54, 1.807) is 0 Å². The summed E-state index contributed by atoms with van der Waals surface area (Å²) in [6.07, 6.45) is 3.27. The highest BCUT2D eigenvalue weighted by atomic mass is 16.3. The molecule has 2 aromatic rings. The van der Waals surface area contributed by atoms with Gasteiger partial charge in [0.15, 0.2) is 0 Å². The number of hydrogen-bond donors (Lipinski definition) is 2. The van der Waals surface area contributed by atoms with Gasteiger partial charge in [-0.25, -0.2) is 9.97 Å². The van der Waals surface area contributed by atoms with Crippen LogP contribution in [0.2, 0.25) is 0 Å². The van der Waals surface area contributed by atoms with Crippen molar-refractivity contribution in [2.24, 2.45) is 0 Å². The Labute approximate surface area is 125 Å². The average molecular weight is 286 g/mol. The summed E-state index contributed by atoms with van der Waals surface area (Å²) in [5, 5.41) is 13.3. The number of anilines is 1. The van der Waals surface area contributed by atoms with Crippen molar-refractivity contribution in [3.63, 3.8) is 0 Å². The highest BCUT2D eigenvalue weighted by Gasteiger charge is 2.14. The van der Waals surface area contributed by atoms with Gasteiger partial charge < -0.3 is 10.4 Å². The van der Waals surface area contributed by atoms with Gasteiger partial charge in [0, 0.05) is 18.5 Å². The van der Waals surface area contributed by atoms with Crippen molar-refractivity contribution in [1.82, 2.24) is 14.9 Å². The number of rotatable bonds is 6. The Hall–Kier alpha value is -1.72. The van der Waals surface area contributed by atoms with Gasteiger partial charge in [0.05, 0.1) is 12.1 Å². The number of nitrogens with one attached hydrogen (secondary N) is 1. The Kier molecular flexibility index (Phi) is 4.62. The van der Waals surface area contributed by atoms with E-state index in [1.807, 2.05) is 24.3 Å². The van der Waals surface area contributed by atoms with Gasteiger partial charge in [-0.2, -0.15) is 0 Å². The van der Waals surface area contributed by atoms with Crippen LogP contribution in [0.4, 0.5) is 5.82 Å². The molecule has 0 bridgehead atoms. The number of hydrogen-bond acceptors (Lipinski definition) is 5. The van der Waals surface area contributed by atoms with Crippen molar-refractivity contribution in [3.05, 3.63) is 30.1 Å². The number of para-hydroxylation sites is 1. The first-order valence-electron chi connectivity index (χ1n) is 7.69. The maximum Gasteiger partial charge on any atom is 0.145 e. The number of likely N-dealkylation sites (tertiary alicyclic amines) is 1. The molecule has 1 aliphatic rings. The molecule has 21 heavy (non-hydrogen) atoms. The molecular weight excluding hydrogens is 264 g/mol. The number of aliphatic hydroxyl groups excluding tert-OH is 1. The molecule has 2 heterocycles. The lowest BCUT2D eigenvalue weighted by molar-refractivity contribution is 0.292. The lowest BCUT2D eigenvalue weighted by Gasteiger charge is -2.15. The van der Waals surface area contributed by atoms with Gasteiger partial charge in [0.2, 0.25) is 0 Å². The van der Waals surface area contributed by atoms with E-state index in [9.17, 15) is 0 Å². The molecule has 5 nitrogen and oxygen atoms in total. The van der Waals surface area contributed by atoms with Crippen LogP contribution >= 0.6 is 0 Å². The normalized spacial score (nSPS) is 15.7. The van der Waals surface area contributed by atoms with Crippen LogP contribution in [-0.4, -0.2) is 46.2 Å². The van der Waals surface area contributed by atoms with E-state index in [1.165, 1.54) is 12.8 Å². The van der Waals surface area contributed by atoms with Crippen molar-refractivity contribution in [1.29, 1.82) is 0 Å². The van der Waals surface area contributed by atoms with Crippen molar-refractivity contribution in [3.8, 4) is 0 Å². The summed E-state index contributed by atoms with van der Waals surface area (Å²) < 4.78 is 0. The quantitative estimate of drug-likeness (QED) is 0.796. The van der Waals surface area contributed by atoms with Crippen molar-refractivity contribution in [2.45, 2.75) is 25.8 Å². The minimum Gasteiger partial charge on any atom is -0.396 e. The molecule has 0 amide bonds. The molecule has 5 heteroatoms. The Morgan fingerprint density at radius 3 is 2.76 bits per heavy atom. The third kappa shape index (κ3) is 3.49. The first kappa shape index (κ1) is 14.2. The Morgan fingerprint density at radius 1 is 1.14 bits per heavy atom. The molecule has 1 aliphatic heterocycles. The summed E-state index contributed by atoms with van der Waals surface area (Å²) >= 11 is 0. The first-order valence-corrected chi connectivity index (χ1v) is 7.69. The van der Waals surface area contributed by atoms with Gasteiger partial charge in [-0.15, -0.1) is 0 Å². The molecular formula is C16H22N4O. The second kappa shape index (κ2) is 6.83. The minimum absolute atomic E-state index is 0.191. The molecule has 0 spiro atoms. The average Bonchev–Trinajstić information content (AvgIpc) is 3.00. The molecule has 1 saturated heterocycles. The van der Waals surface area contributed by atoms with Gasteiger partial charge in [-0.05, 0) is 44.5 Å². The lowest BCUT2D eigenvalue weighted by atomic mass is 10.2. The van der Waals surface area contributed by atoms with E-state index >= 15 is 0 Å². The molecule has 1 aromatic carbocycles. The van der Waals surface area contributed by atoms with Gasteiger partial charge in [-0.3, -0.25) is 4.90 Å². The number of fused-ring (bicyclic) bond motifs is 1. The molecule has 2 N–H and O–H groups in total. The monoisotopic (exact) mass is 286 g/mol. The second-order valence-electron chi connectivity index (χ2n) is 5.49. The zero-order valence-corrected chi connectivity index (χ0v) is 12.3. The van der Waals surface area contributed by atoms with Crippen LogP contribution in [0.15, 0.2) is 24.3 Å². The number of aliphatic hydroxyl groups is 1. The summed E-state index contributed by atoms with van der Waals surface area (Å²) in [4.78, 5) is 11.8. The SMILES string of the molecule is OCCCNc1nc(CN2CCCC2)nc2ccccc12. The molecule has 0 radical (unpaired) electrons. The summed E-state index contributed by atoms with van der Waals surface area (Å²) in [6, 6.07) is 8.08. The highest BCUT2D eigenvalue weighted by Crippen LogP contribution is 2.21. The van der Waals surface area contributed by atoms with Crippen LogP contribution < -0.4 is 5.32 Å². The fourth-order valence-electron chi connectivity index (χ4n) is 2.76. The van der Waals surface area contributed by atoms with Gasteiger partial charge in [-0.1, -0.05) is 12.1 Å². The molecule has 0 saturated carbocycles. The van der Waals surface area contributed by atoms with Crippen molar-refractivity contribution >= 4 is 16.7 Å². The summed E-state index contributed by atoms with van der Waals surface area (Å²) in [5.41, 5.74) is 0.980. The van der Waals surface area contributed by atoms with Crippen molar-refractivity contribution < 1.29 is 5.11 Å². The zero-order chi connectivity index (χ0) is 14.5. The largest absolute Gasteiger partial charge is 0.396 e. The number of nitrogens with zero attached hydrogens (tertiary/aromatic N) is 3. The van der Waals surface area contributed by atoms with E-state index in [2.05, 4.69) is 15.2 Å². The van der Waals surface area contributed by atoms with E-state index in [0.717, 1.165) is 55.1 Å². The molecule has 1 aromatic heterocycles. The van der Waals surface area contributed by atoms with E-state index in [4.69, 9.17) is 10.1 Å². The van der Waals surface area contributed by atoms with Crippen LogP contribution in [0.1, 0.15) is 25.1 Å². The summed E-state index contributed by atoms with van der Waals surface area (Å²) in [7, 11) is 0. The van der Waals surface area contributed by atoms with Gasteiger partial charge >= 0.3 is 0 Å². The van der Waals surface area contributed by atoms with E-state index < -0.39 is 0 Å². The van der Waals surface area contributed by atoms with Crippen LogP contribution in [-0.2, 0) is 6.54 Å². The maximum absolute atomic E-state index is 8.92. The third-order valence-electron chi connectivity index (χ3n) is 3.84. The topological polar surface area (TPSA) is 61.3 Å².